The SMILES string of the molecule is CN(CC1CCCC1)S(=O)(=O)c1ccc(CNC2CC2)o1. The van der Waals surface area contributed by atoms with Crippen LogP contribution in [0.5, 0.6) is 0 Å². The van der Waals surface area contributed by atoms with Crippen molar-refractivity contribution in [2.75, 3.05) is 13.6 Å². The van der Waals surface area contributed by atoms with E-state index >= 15 is 0 Å². The van der Waals surface area contributed by atoms with E-state index in [-0.39, 0.29) is 5.09 Å². The monoisotopic (exact) mass is 312 g/mol. The highest BCUT2D eigenvalue weighted by Gasteiger charge is 2.28. The summed E-state index contributed by atoms with van der Waals surface area (Å²) in [5, 5.41) is 3.39. The average molecular weight is 312 g/mol. The van der Waals surface area contributed by atoms with Crippen molar-refractivity contribution in [1.82, 2.24) is 9.62 Å². The summed E-state index contributed by atoms with van der Waals surface area (Å²) in [7, 11) is -1.84. The Bertz CT molecular complexity index is 571. The summed E-state index contributed by atoms with van der Waals surface area (Å²) in [6.07, 6.45) is 7.11. The van der Waals surface area contributed by atoms with Crippen molar-refractivity contribution in [2.24, 2.45) is 5.92 Å². The smallest absolute Gasteiger partial charge is 0.276 e. The standard InChI is InChI=1S/C15H24N2O3S/c1-17(11-12-4-2-3-5-12)21(18,19)15-9-8-14(20-15)10-16-13-6-7-13/h8-9,12-13,16H,2-7,10-11H2,1H3. The van der Waals surface area contributed by atoms with Crippen molar-refractivity contribution in [3.8, 4) is 0 Å². The quantitative estimate of drug-likeness (QED) is 0.839. The third-order valence-electron chi connectivity index (χ3n) is 4.43. The molecule has 1 aromatic heterocycles. The molecule has 0 atom stereocenters. The van der Waals surface area contributed by atoms with Crippen LogP contribution in [0.25, 0.3) is 0 Å². The third kappa shape index (κ3) is 3.67. The minimum absolute atomic E-state index is 0.0654. The highest BCUT2D eigenvalue weighted by atomic mass is 32.2. The molecule has 1 heterocycles. The number of hydrogen-bond donors (Lipinski definition) is 1. The molecule has 2 aliphatic rings. The highest BCUT2D eigenvalue weighted by molar-refractivity contribution is 7.89. The number of nitrogens with one attached hydrogen (secondary N) is 1. The maximum atomic E-state index is 12.5. The lowest BCUT2D eigenvalue weighted by atomic mass is 10.1. The lowest BCUT2D eigenvalue weighted by Crippen LogP contribution is -2.31. The second-order valence-corrected chi connectivity index (χ2v) is 8.29. The molecule has 2 aliphatic carbocycles. The zero-order valence-electron chi connectivity index (χ0n) is 12.5. The second-order valence-electron chi connectivity index (χ2n) is 6.31. The Hall–Kier alpha value is -0.850. The molecule has 0 aromatic carbocycles. The number of furan rings is 1. The molecular weight excluding hydrogens is 288 g/mol. The van der Waals surface area contributed by atoms with Gasteiger partial charge in [-0.15, -0.1) is 0 Å². The minimum Gasteiger partial charge on any atom is -0.447 e. The molecule has 0 unspecified atom stereocenters. The van der Waals surface area contributed by atoms with Crippen LogP contribution in [-0.4, -0.2) is 32.4 Å². The van der Waals surface area contributed by atoms with Gasteiger partial charge in [0.1, 0.15) is 5.76 Å². The van der Waals surface area contributed by atoms with Gasteiger partial charge < -0.3 is 9.73 Å². The Morgan fingerprint density at radius 3 is 2.62 bits per heavy atom. The summed E-state index contributed by atoms with van der Waals surface area (Å²) >= 11 is 0. The van der Waals surface area contributed by atoms with E-state index in [9.17, 15) is 8.42 Å². The Kier molecular flexibility index (Phi) is 4.38. The maximum absolute atomic E-state index is 12.5. The molecule has 118 valence electrons. The first kappa shape index (κ1) is 15.1. The average Bonchev–Trinajstić information content (AvgIpc) is 2.93. The molecule has 0 aliphatic heterocycles. The molecule has 0 bridgehead atoms. The topological polar surface area (TPSA) is 62.6 Å². The number of sulfonamides is 1. The molecule has 21 heavy (non-hydrogen) atoms. The lowest BCUT2D eigenvalue weighted by molar-refractivity contribution is 0.355. The predicted octanol–water partition coefficient (Wildman–Crippen LogP) is 2.34. The fourth-order valence-electron chi connectivity index (χ4n) is 2.93. The Labute approximate surface area is 126 Å². The van der Waals surface area contributed by atoms with Gasteiger partial charge >= 0.3 is 0 Å². The van der Waals surface area contributed by atoms with Crippen molar-refractivity contribution in [3.05, 3.63) is 17.9 Å². The van der Waals surface area contributed by atoms with Gasteiger partial charge in [0.05, 0.1) is 6.54 Å². The Morgan fingerprint density at radius 1 is 1.24 bits per heavy atom. The first-order valence-electron chi connectivity index (χ1n) is 7.84. The van der Waals surface area contributed by atoms with Gasteiger partial charge in [0.15, 0.2) is 0 Å². The van der Waals surface area contributed by atoms with Crippen LogP contribution in [-0.2, 0) is 16.6 Å². The van der Waals surface area contributed by atoms with Crippen molar-refractivity contribution >= 4 is 10.0 Å². The largest absolute Gasteiger partial charge is 0.447 e. The molecule has 0 amide bonds. The normalized spacial score (nSPS) is 20.5. The summed E-state index contributed by atoms with van der Waals surface area (Å²) in [5.41, 5.74) is 0. The van der Waals surface area contributed by atoms with E-state index < -0.39 is 10.0 Å². The molecule has 2 saturated carbocycles. The maximum Gasteiger partial charge on any atom is 0.276 e. The summed E-state index contributed by atoms with van der Waals surface area (Å²) < 4.78 is 32.0. The van der Waals surface area contributed by atoms with Crippen LogP contribution in [0, 0.1) is 5.92 Å². The van der Waals surface area contributed by atoms with Gasteiger partial charge in [-0.05, 0) is 43.7 Å². The number of rotatable bonds is 7. The van der Waals surface area contributed by atoms with E-state index in [0.29, 0.717) is 30.8 Å². The van der Waals surface area contributed by atoms with Crippen LogP contribution in [0.4, 0.5) is 0 Å². The van der Waals surface area contributed by atoms with Crippen molar-refractivity contribution in [1.29, 1.82) is 0 Å². The second kappa shape index (κ2) is 6.10. The van der Waals surface area contributed by atoms with E-state index in [0.717, 1.165) is 12.8 Å². The fourth-order valence-corrected chi connectivity index (χ4v) is 4.10. The van der Waals surface area contributed by atoms with Gasteiger partial charge in [0.25, 0.3) is 10.0 Å². The molecule has 6 heteroatoms. The number of hydrogen-bond acceptors (Lipinski definition) is 4. The molecular formula is C15H24N2O3S. The Morgan fingerprint density at radius 2 is 1.95 bits per heavy atom. The van der Waals surface area contributed by atoms with E-state index in [1.54, 1.807) is 19.2 Å². The molecule has 1 aromatic rings. The van der Waals surface area contributed by atoms with Gasteiger partial charge in [0.2, 0.25) is 5.09 Å². The van der Waals surface area contributed by atoms with Gasteiger partial charge in [-0.1, -0.05) is 12.8 Å². The van der Waals surface area contributed by atoms with Gasteiger partial charge in [0, 0.05) is 19.6 Å². The van der Waals surface area contributed by atoms with Crippen LogP contribution in [0.2, 0.25) is 0 Å². The van der Waals surface area contributed by atoms with Gasteiger partial charge in [-0.2, -0.15) is 4.31 Å². The minimum atomic E-state index is -3.49. The predicted molar refractivity (Wildman–Crippen MR) is 80.3 cm³/mol. The van der Waals surface area contributed by atoms with Crippen LogP contribution in [0.3, 0.4) is 0 Å². The van der Waals surface area contributed by atoms with Crippen molar-refractivity contribution in [2.45, 2.75) is 56.2 Å². The summed E-state index contributed by atoms with van der Waals surface area (Å²) in [5.74, 6) is 1.19. The summed E-state index contributed by atoms with van der Waals surface area (Å²) in [4.78, 5) is 0. The molecule has 5 nitrogen and oxygen atoms in total. The summed E-state index contributed by atoms with van der Waals surface area (Å²) in [6.45, 7) is 1.20. The van der Waals surface area contributed by atoms with E-state index in [2.05, 4.69) is 5.32 Å². The zero-order valence-corrected chi connectivity index (χ0v) is 13.4. The zero-order chi connectivity index (χ0) is 14.9. The third-order valence-corrected chi connectivity index (χ3v) is 6.13. The van der Waals surface area contributed by atoms with Gasteiger partial charge in [-0.3, -0.25) is 0 Å². The molecule has 3 rings (SSSR count). The van der Waals surface area contributed by atoms with Crippen LogP contribution >= 0.6 is 0 Å². The van der Waals surface area contributed by atoms with E-state index in [1.165, 1.54) is 30.0 Å². The first-order chi connectivity index (χ1) is 10.1. The fraction of sp³-hybridized carbons (Fsp3) is 0.733. The van der Waals surface area contributed by atoms with Gasteiger partial charge in [-0.25, -0.2) is 8.42 Å². The number of nitrogens with zero attached hydrogens (tertiary/aromatic N) is 1. The first-order valence-corrected chi connectivity index (χ1v) is 9.28. The van der Waals surface area contributed by atoms with Crippen molar-refractivity contribution in [3.63, 3.8) is 0 Å². The molecule has 2 fully saturated rings. The van der Waals surface area contributed by atoms with E-state index in [4.69, 9.17) is 4.42 Å². The van der Waals surface area contributed by atoms with Crippen LogP contribution in [0.15, 0.2) is 21.6 Å². The lowest BCUT2D eigenvalue weighted by Gasteiger charge is -2.19. The Balaban J connectivity index is 1.62. The van der Waals surface area contributed by atoms with E-state index in [1.807, 2.05) is 0 Å². The van der Waals surface area contributed by atoms with Crippen LogP contribution in [0.1, 0.15) is 44.3 Å². The molecule has 0 radical (unpaired) electrons. The molecule has 1 N–H and O–H groups in total. The summed E-state index contributed by atoms with van der Waals surface area (Å²) in [6, 6.07) is 3.91. The highest BCUT2D eigenvalue weighted by Crippen LogP contribution is 2.27. The molecule has 0 spiro atoms. The molecule has 0 saturated heterocycles. The van der Waals surface area contributed by atoms with Crippen LogP contribution < -0.4 is 5.32 Å². The van der Waals surface area contributed by atoms with Crippen molar-refractivity contribution < 1.29 is 12.8 Å².